The molecule has 1 atom stereocenters. The van der Waals surface area contributed by atoms with Gasteiger partial charge in [0, 0.05) is 32.0 Å². The molecule has 5 rings (SSSR count). The van der Waals surface area contributed by atoms with Crippen LogP contribution in [0.4, 0.5) is 0 Å². The molecule has 2 heterocycles. The number of hydrogen-bond acceptors (Lipinski definition) is 4. The molecule has 3 aromatic carbocycles. The third-order valence-corrected chi connectivity index (χ3v) is 6.92. The molecular weight excluding hydrogens is 450 g/mol. The van der Waals surface area contributed by atoms with Crippen molar-refractivity contribution < 1.29 is 14.3 Å². The molecule has 6 heteroatoms. The predicted molar refractivity (Wildman–Crippen MR) is 141 cm³/mol. The molecule has 1 aliphatic heterocycles. The maximum atomic E-state index is 12.9. The first kappa shape index (κ1) is 23.9. The summed E-state index contributed by atoms with van der Waals surface area (Å²) >= 11 is 0. The van der Waals surface area contributed by atoms with Crippen LogP contribution in [0.15, 0.2) is 72.8 Å². The summed E-state index contributed by atoms with van der Waals surface area (Å²) in [5, 5.41) is 0. The number of hydrogen-bond donors (Lipinski definition) is 0. The van der Waals surface area contributed by atoms with Crippen molar-refractivity contribution in [1.82, 2.24) is 14.5 Å². The first-order valence-corrected chi connectivity index (χ1v) is 12.7. The second-order valence-corrected chi connectivity index (χ2v) is 9.45. The largest absolute Gasteiger partial charge is 0.497 e. The van der Waals surface area contributed by atoms with E-state index >= 15 is 0 Å². The molecule has 0 bridgehead atoms. The Hall–Kier alpha value is -3.80. The van der Waals surface area contributed by atoms with Gasteiger partial charge in [0.25, 0.3) is 0 Å². The summed E-state index contributed by atoms with van der Waals surface area (Å²) in [7, 11) is 1.66. The summed E-state index contributed by atoms with van der Waals surface area (Å²) in [6.45, 7) is 4.90. The Bertz CT molecular complexity index is 1330. The topological polar surface area (TPSA) is 56.6 Å². The standard InChI is InChI=1S/C30H33N3O3/c1-22-9-3-6-12-28(22)36-18-8-7-17-33-27-11-5-4-10-26(27)31-30(33)24-19-29(34)32(21-24)20-23-13-15-25(35-2)16-14-23/h3-6,9-16,24H,7-8,17-21H2,1-2H3. The Balaban J connectivity index is 1.25. The number of carbonyl (C=O) groups is 1. The Morgan fingerprint density at radius 2 is 1.75 bits per heavy atom. The van der Waals surface area contributed by atoms with Crippen LogP contribution >= 0.6 is 0 Å². The van der Waals surface area contributed by atoms with Gasteiger partial charge in [0.1, 0.15) is 17.3 Å². The zero-order valence-electron chi connectivity index (χ0n) is 21.0. The van der Waals surface area contributed by atoms with E-state index in [-0.39, 0.29) is 11.8 Å². The number of para-hydroxylation sites is 3. The minimum Gasteiger partial charge on any atom is -0.497 e. The lowest BCUT2D eigenvalue weighted by molar-refractivity contribution is -0.128. The van der Waals surface area contributed by atoms with E-state index < -0.39 is 0 Å². The summed E-state index contributed by atoms with van der Waals surface area (Å²) in [6.07, 6.45) is 2.43. The molecule has 186 valence electrons. The molecular formula is C30H33N3O3. The Morgan fingerprint density at radius 1 is 0.972 bits per heavy atom. The molecule has 0 saturated carbocycles. The van der Waals surface area contributed by atoms with Crippen molar-refractivity contribution in [3.8, 4) is 11.5 Å². The van der Waals surface area contributed by atoms with E-state index in [1.807, 2.05) is 53.4 Å². The molecule has 1 amide bonds. The monoisotopic (exact) mass is 483 g/mol. The number of aromatic nitrogens is 2. The van der Waals surface area contributed by atoms with E-state index in [2.05, 4.69) is 35.8 Å². The van der Waals surface area contributed by atoms with E-state index in [0.717, 1.165) is 58.9 Å². The molecule has 0 aliphatic carbocycles. The molecule has 4 aromatic rings. The molecule has 1 saturated heterocycles. The fourth-order valence-corrected chi connectivity index (χ4v) is 4.96. The quantitative estimate of drug-likeness (QED) is 0.270. The average molecular weight is 484 g/mol. The molecule has 1 unspecified atom stereocenters. The second kappa shape index (κ2) is 10.9. The number of likely N-dealkylation sites (tertiary alicyclic amines) is 1. The number of unbranched alkanes of at least 4 members (excludes halogenated alkanes) is 1. The molecule has 6 nitrogen and oxygen atoms in total. The summed E-state index contributed by atoms with van der Waals surface area (Å²) < 4.78 is 13.6. The van der Waals surface area contributed by atoms with Gasteiger partial charge in [-0.2, -0.15) is 0 Å². The Morgan fingerprint density at radius 3 is 2.56 bits per heavy atom. The first-order valence-electron chi connectivity index (χ1n) is 12.7. The Labute approximate surface area is 212 Å². The van der Waals surface area contributed by atoms with E-state index in [4.69, 9.17) is 14.5 Å². The van der Waals surface area contributed by atoms with Crippen LogP contribution in [-0.4, -0.2) is 40.6 Å². The highest BCUT2D eigenvalue weighted by atomic mass is 16.5. The van der Waals surface area contributed by atoms with Gasteiger partial charge in [-0.3, -0.25) is 4.79 Å². The average Bonchev–Trinajstić information content (AvgIpc) is 3.45. The minimum absolute atomic E-state index is 0.0892. The zero-order valence-corrected chi connectivity index (χ0v) is 21.0. The SMILES string of the molecule is COc1ccc(CN2CC(c3nc4ccccc4n3CCCCOc3ccccc3C)CC2=O)cc1. The van der Waals surface area contributed by atoms with E-state index in [1.165, 1.54) is 0 Å². The fraction of sp³-hybridized carbons (Fsp3) is 0.333. The summed E-state index contributed by atoms with van der Waals surface area (Å²) in [5.74, 6) is 3.06. The van der Waals surface area contributed by atoms with Crippen LogP contribution in [0.3, 0.4) is 0 Å². The number of imidazole rings is 1. The lowest BCUT2D eigenvalue weighted by Gasteiger charge is -2.18. The number of carbonyl (C=O) groups excluding carboxylic acids is 1. The van der Waals surface area contributed by atoms with Gasteiger partial charge in [-0.05, 0) is 61.2 Å². The van der Waals surface area contributed by atoms with Gasteiger partial charge in [-0.15, -0.1) is 0 Å². The van der Waals surface area contributed by atoms with Crippen molar-refractivity contribution >= 4 is 16.9 Å². The number of methoxy groups -OCH3 is 1. The molecule has 0 N–H and O–H groups in total. The number of rotatable bonds is 10. The van der Waals surface area contributed by atoms with Crippen LogP contribution in [0.1, 0.15) is 42.1 Å². The minimum atomic E-state index is 0.0892. The third kappa shape index (κ3) is 5.23. The predicted octanol–water partition coefficient (Wildman–Crippen LogP) is 5.73. The lowest BCUT2D eigenvalue weighted by Crippen LogP contribution is -2.24. The number of aryl methyl sites for hydroxylation is 2. The zero-order chi connectivity index (χ0) is 24.9. The first-order chi connectivity index (χ1) is 17.6. The summed E-state index contributed by atoms with van der Waals surface area (Å²) in [6, 6.07) is 24.3. The van der Waals surface area contributed by atoms with Crippen molar-refractivity contribution in [1.29, 1.82) is 0 Å². The van der Waals surface area contributed by atoms with Crippen LogP contribution in [0.5, 0.6) is 11.5 Å². The number of benzene rings is 3. The Kier molecular flexibility index (Phi) is 7.21. The molecule has 0 radical (unpaired) electrons. The van der Waals surface area contributed by atoms with Crippen LogP contribution in [-0.2, 0) is 17.9 Å². The van der Waals surface area contributed by atoms with Crippen molar-refractivity contribution in [2.45, 2.75) is 45.2 Å². The van der Waals surface area contributed by atoms with Crippen LogP contribution in [0.2, 0.25) is 0 Å². The van der Waals surface area contributed by atoms with Crippen molar-refractivity contribution in [2.75, 3.05) is 20.3 Å². The van der Waals surface area contributed by atoms with Crippen molar-refractivity contribution in [3.05, 3.63) is 89.7 Å². The van der Waals surface area contributed by atoms with Gasteiger partial charge in [-0.1, -0.05) is 42.5 Å². The number of fused-ring (bicyclic) bond motifs is 1. The van der Waals surface area contributed by atoms with Gasteiger partial charge in [0.15, 0.2) is 0 Å². The highest BCUT2D eigenvalue weighted by Gasteiger charge is 2.33. The number of ether oxygens (including phenoxy) is 2. The number of nitrogens with zero attached hydrogens (tertiary/aromatic N) is 3. The highest BCUT2D eigenvalue weighted by molar-refractivity contribution is 5.81. The number of amides is 1. The molecule has 0 spiro atoms. The van der Waals surface area contributed by atoms with Crippen LogP contribution in [0.25, 0.3) is 11.0 Å². The highest BCUT2D eigenvalue weighted by Crippen LogP contribution is 2.32. The van der Waals surface area contributed by atoms with Gasteiger partial charge in [0.05, 0.1) is 24.8 Å². The molecule has 1 aromatic heterocycles. The summed E-state index contributed by atoms with van der Waals surface area (Å²) in [5.41, 5.74) is 4.38. The smallest absolute Gasteiger partial charge is 0.223 e. The van der Waals surface area contributed by atoms with E-state index in [9.17, 15) is 4.79 Å². The van der Waals surface area contributed by atoms with Crippen LogP contribution < -0.4 is 9.47 Å². The van der Waals surface area contributed by atoms with Gasteiger partial charge >= 0.3 is 0 Å². The van der Waals surface area contributed by atoms with Crippen molar-refractivity contribution in [3.63, 3.8) is 0 Å². The second-order valence-electron chi connectivity index (χ2n) is 9.45. The maximum Gasteiger partial charge on any atom is 0.223 e. The third-order valence-electron chi connectivity index (χ3n) is 6.92. The van der Waals surface area contributed by atoms with E-state index in [0.29, 0.717) is 26.1 Å². The van der Waals surface area contributed by atoms with Gasteiger partial charge < -0.3 is 18.9 Å². The molecule has 1 fully saturated rings. The summed E-state index contributed by atoms with van der Waals surface area (Å²) in [4.78, 5) is 19.9. The maximum absolute atomic E-state index is 12.9. The van der Waals surface area contributed by atoms with Gasteiger partial charge in [0.2, 0.25) is 5.91 Å². The fourth-order valence-electron chi connectivity index (χ4n) is 4.96. The van der Waals surface area contributed by atoms with E-state index in [1.54, 1.807) is 7.11 Å². The lowest BCUT2D eigenvalue weighted by atomic mass is 10.1. The molecule has 36 heavy (non-hydrogen) atoms. The van der Waals surface area contributed by atoms with Gasteiger partial charge in [-0.25, -0.2) is 4.98 Å². The van der Waals surface area contributed by atoms with Crippen molar-refractivity contribution in [2.24, 2.45) is 0 Å². The normalized spacial score (nSPS) is 15.6. The molecule has 1 aliphatic rings. The van der Waals surface area contributed by atoms with Crippen LogP contribution in [0, 0.1) is 6.92 Å².